The zero-order chi connectivity index (χ0) is 21.1. The molecule has 2 N–H and O–H groups in total. The van der Waals surface area contributed by atoms with Crippen LogP contribution in [0, 0.1) is 5.92 Å². The molecule has 0 aliphatic rings. The predicted molar refractivity (Wildman–Crippen MR) is 120 cm³/mol. The molecule has 0 bridgehead atoms. The fourth-order valence-electron chi connectivity index (χ4n) is 2.37. The van der Waals surface area contributed by atoms with Crippen LogP contribution in [0.25, 0.3) is 0 Å². The van der Waals surface area contributed by atoms with E-state index in [4.69, 9.17) is 0 Å². The summed E-state index contributed by atoms with van der Waals surface area (Å²) in [7, 11) is 0. The van der Waals surface area contributed by atoms with Crippen molar-refractivity contribution < 1.29 is 10.2 Å². The minimum atomic E-state index is -0.811. The second-order valence-electron chi connectivity index (χ2n) is 8.54. The van der Waals surface area contributed by atoms with Gasteiger partial charge in [-0.2, -0.15) is 0 Å². The standard InChI is InChI=1S/C25H40O2/c1-9-20(2)12-10-13-21(3)14-11-15-22(4)16-17-23(25(7,8)27)18-19-24(5,6)26/h9-17,23,26-27H,18-19H2,1-8H3/b12-10+,14-11+,17-16-,20-9+,21-13+,22-15+/t23-/m1/s1. The lowest BCUT2D eigenvalue weighted by atomic mass is 9.84. The maximum absolute atomic E-state index is 10.4. The average molecular weight is 373 g/mol. The second-order valence-corrected chi connectivity index (χ2v) is 8.54. The summed E-state index contributed by atoms with van der Waals surface area (Å²) in [5.74, 6) is -0.00196. The molecule has 0 spiro atoms. The van der Waals surface area contributed by atoms with Crippen molar-refractivity contribution in [1.29, 1.82) is 0 Å². The van der Waals surface area contributed by atoms with Crippen LogP contribution in [0.4, 0.5) is 0 Å². The summed E-state index contributed by atoms with van der Waals surface area (Å²) < 4.78 is 0. The lowest BCUT2D eigenvalue weighted by molar-refractivity contribution is 0.0140. The molecule has 2 heteroatoms. The molecule has 0 saturated carbocycles. The van der Waals surface area contributed by atoms with Gasteiger partial charge in [-0.1, -0.05) is 71.4 Å². The first kappa shape index (κ1) is 25.4. The molecule has 1 atom stereocenters. The van der Waals surface area contributed by atoms with Crippen molar-refractivity contribution in [3.63, 3.8) is 0 Å². The molecule has 0 amide bonds. The van der Waals surface area contributed by atoms with Crippen molar-refractivity contribution in [2.75, 3.05) is 0 Å². The average Bonchev–Trinajstić information content (AvgIpc) is 2.52. The predicted octanol–water partition coefficient (Wildman–Crippen LogP) is 6.45. The van der Waals surface area contributed by atoms with Gasteiger partial charge in [0.15, 0.2) is 0 Å². The summed E-state index contributed by atoms with van der Waals surface area (Å²) in [6.07, 6.45) is 20.0. The van der Waals surface area contributed by atoms with Gasteiger partial charge in [-0.25, -0.2) is 0 Å². The van der Waals surface area contributed by atoms with E-state index in [1.54, 1.807) is 13.8 Å². The van der Waals surface area contributed by atoms with Crippen LogP contribution in [-0.2, 0) is 0 Å². The first-order valence-corrected chi connectivity index (χ1v) is 9.81. The topological polar surface area (TPSA) is 40.5 Å². The van der Waals surface area contributed by atoms with Gasteiger partial charge in [0.05, 0.1) is 11.2 Å². The Balaban J connectivity index is 4.92. The van der Waals surface area contributed by atoms with Crippen LogP contribution in [0.3, 0.4) is 0 Å². The quantitative estimate of drug-likeness (QED) is 0.432. The van der Waals surface area contributed by atoms with Crippen LogP contribution in [0.15, 0.2) is 71.4 Å². The van der Waals surface area contributed by atoms with E-state index < -0.39 is 11.2 Å². The third-order valence-corrected chi connectivity index (χ3v) is 4.46. The van der Waals surface area contributed by atoms with Gasteiger partial charge >= 0.3 is 0 Å². The SMILES string of the molecule is C/C=C(C)/C=C/C=C(C)/C=C/C=C(C)/C=C\[C@H](CCC(C)(C)O)C(C)(C)O. The van der Waals surface area contributed by atoms with Crippen molar-refractivity contribution in [1.82, 2.24) is 0 Å². The number of allylic oxidation sites excluding steroid dienone is 11. The molecule has 0 aromatic carbocycles. The van der Waals surface area contributed by atoms with Crippen molar-refractivity contribution in [3.8, 4) is 0 Å². The number of rotatable bonds is 10. The summed E-state index contributed by atoms with van der Waals surface area (Å²) in [5, 5.41) is 20.3. The first-order chi connectivity index (χ1) is 12.3. The minimum Gasteiger partial charge on any atom is -0.390 e. The van der Waals surface area contributed by atoms with Gasteiger partial charge in [-0.15, -0.1) is 0 Å². The minimum absolute atomic E-state index is 0.00196. The Kier molecular flexibility index (Phi) is 11.2. The summed E-state index contributed by atoms with van der Waals surface area (Å²) >= 11 is 0. The maximum Gasteiger partial charge on any atom is 0.0654 e. The molecule has 152 valence electrons. The van der Waals surface area contributed by atoms with Crippen molar-refractivity contribution in [3.05, 3.63) is 71.4 Å². The smallest absolute Gasteiger partial charge is 0.0654 e. The fourth-order valence-corrected chi connectivity index (χ4v) is 2.37. The highest BCUT2D eigenvalue weighted by Crippen LogP contribution is 2.26. The van der Waals surface area contributed by atoms with E-state index in [1.165, 1.54) is 11.1 Å². The van der Waals surface area contributed by atoms with E-state index >= 15 is 0 Å². The number of aliphatic hydroxyl groups is 2. The molecular formula is C25H40O2. The second kappa shape index (κ2) is 11.9. The Bertz CT molecular complexity index is 612. The van der Waals surface area contributed by atoms with Crippen molar-refractivity contribution >= 4 is 0 Å². The third kappa shape index (κ3) is 14.1. The molecular weight excluding hydrogens is 332 g/mol. The zero-order valence-corrected chi connectivity index (χ0v) is 18.6. The summed E-state index contributed by atoms with van der Waals surface area (Å²) in [6, 6.07) is 0. The molecule has 0 rings (SSSR count). The van der Waals surface area contributed by atoms with E-state index in [1.807, 2.05) is 39.8 Å². The Morgan fingerprint density at radius 1 is 0.815 bits per heavy atom. The van der Waals surface area contributed by atoms with Crippen LogP contribution >= 0.6 is 0 Å². The Morgan fingerprint density at radius 3 is 1.74 bits per heavy atom. The van der Waals surface area contributed by atoms with Gasteiger partial charge in [0.25, 0.3) is 0 Å². The lowest BCUT2D eigenvalue weighted by Gasteiger charge is -2.29. The van der Waals surface area contributed by atoms with E-state index in [0.717, 1.165) is 12.0 Å². The Hall–Kier alpha value is -1.64. The highest BCUT2D eigenvalue weighted by Gasteiger charge is 2.26. The van der Waals surface area contributed by atoms with Gasteiger partial charge in [0, 0.05) is 5.92 Å². The van der Waals surface area contributed by atoms with Crippen LogP contribution < -0.4 is 0 Å². The maximum atomic E-state index is 10.4. The molecule has 0 aliphatic carbocycles. The zero-order valence-electron chi connectivity index (χ0n) is 18.6. The molecule has 0 aliphatic heterocycles. The van der Waals surface area contributed by atoms with Crippen LogP contribution in [0.1, 0.15) is 68.2 Å². The highest BCUT2D eigenvalue weighted by atomic mass is 16.3. The van der Waals surface area contributed by atoms with Gasteiger partial charge in [0.2, 0.25) is 0 Å². The van der Waals surface area contributed by atoms with E-state index in [9.17, 15) is 10.2 Å². The summed E-state index contributed by atoms with van der Waals surface area (Å²) in [4.78, 5) is 0. The molecule has 2 nitrogen and oxygen atoms in total. The Morgan fingerprint density at radius 2 is 1.30 bits per heavy atom. The molecule has 0 fully saturated rings. The largest absolute Gasteiger partial charge is 0.390 e. The van der Waals surface area contributed by atoms with E-state index in [-0.39, 0.29) is 5.92 Å². The molecule has 0 aromatic heterocycles. The number of hydrogen-bond donors (Lipinski definition) is 2. The summed E-state index contributed by atoms with van der Waals surface area (Å²) in [6.45, 7) is 15.5. The Labute approximate surface area is 167 Å². The first-order valence-electron chi connectivity index (χ1n) is 9.81. The van der Waals surface area contributed by atoms with Gasteiger partial charge < -0.3 is 10.2 Å². The normalized spacial score (nSPS) is 16.9. The van der Waals surface area contributed by atoms with Crippen LogP contribution in [-0.4, -0.2) is 21.4 Å². The molecule has 0 aromatic rings. The fraction of sp³-hybridized carbons (Fsp3) is 0.520. The molecule has 0 heterocycles. The number of hydrogen-bond acceptors (Lipinski definition) is 2. The van der Waals surface area contributed by atoms with Crippen molar-refractivity contribution in [2.45, 2.75) is 79.4 Å². The molecule has 0 unspecified atom stereocenters. The van der Waals surface area contributed by atoms with Gasteiger partial charge in [-0.05, 0) is 68.2 Å². The monoisotopic (exact) mass is 372 g/mol. The molecule has 0 radical (unpaired) electrons. The van der Waals surface area contributed by atoms with Crippen LogP contribution in [0.2, 0.25) is 0 Å². The highest BCUT2D eigenvalue weighted by molar-refractivity contribution is 5.30. The van der Waals surface area contributed by atoms with Crippen LogP contribution in [0.5, 0.6) is 0 Å². The summed E-state index contributed by atoms with van der Waals surface area (Å²) in [5.41, 5.74) is 2.03. The van der Waals surface area contributed by atoms with E-state index in [0.29, 0.717) is 6.42 Å². The van der Waals surface area contributed by atoms with E-state index in [2.05, 4.69) is 56.4 Å². The molecule has 27 heavy (non-hydrogen) atoms. The molecule has 0 saturated heterocycles. The lowest BCUT2D eigenvalue weighted by Crippen LogP contribution is -2.31. The third-order valence-electron chi connectivity index (χ3n) is 4.46. The van der Waals surface area contributed by atoms with Gasteiger partial charge in [-0.3, -0.25) is 0 Å². The van der Waals surface area contributed by atoms with Crippen molar-refractivity contribution in [2.24, 2.45) is 5.92 Å². The van der Waals surface area contributed by atoms with Gasteiger partial charge in [0.1, 0.15) is 0 Å².